The predicted octanol–water partition coefficient (Wildman–Crippen LogP) is 2.13. The molecular weight excluding hydrogens is 262 g/mol. The summed E-state index contributed by atoms with van der Waals surface area (Å²) < 4.78 is 0. The number of H-pyrrole nitrogens is 1. The van der Waals surface area contributed by atoms with Gasteiger partial charge in [-0.3, -0.25) is 0 Å². The first-order valence-corrected chi connectivity index (χ1v) is 6.20. The van der Waals surface area contributed by atoms with Crippen LogP contribution in [0.2, 0.25) is 5.02 Å². The molecule has 1 aliphatic heterocycles. The molecule has 96 valence electrons. The van der Waals surface area contributed by atoms with Gasteiger partial charge in [0.2, 0.25) is 0 Å². The van der Waals surface area contributed by atoms with Crippen LogP contribution in [-0.2, 0) is 0 Å². The number of nitrogens with two attached hydrogens (primary N) is 1. The number of hydrogen-bond acceptors (Lipinski definition) is 4. The highest BCUT2D eigenvalue weighted by Crippen LogP contribution is 2.23. The minimum absolute atomic E-state index is 0.0318. The van der Waals surface area contributed by atoms with E-state index < -0.39 is 0 Å². The molecule has 3 heterocycles. The molecule has 0 fully saturated rings. The zero-order chi connectivity index (χ0) is 13.4. The molecule has 0 aromatic carbocycles. The Bertz CT molecular complexity index is 700. The van der Waals surface area contributed by atoms with E-state index in [0.29, 0.717) is 10.9 Å². The van der Waals surface area contributed by atoms with Crippen LogP contribution in [0, 0.1) is 5.92 Å². The van der Waals surface area contributed by atoms with E-state index >= 15 is 0 Å². The fourth-order valence-corrected chi connectivity index (χ4v) is 2.17. The fraction of sp³-hybridized carbons (Fsp3) is 0.154. The third-order valence-corrected chi connectivity index (χ3v) is 3.25. The van der Waals surface area contributed by atoms with Crippen LogP contribution in [0.25, 0.3) is 11.0 Å². The molecular formula is C13H12ClN5. The summed E-state index contributed by atoms with van der Waals surface area (Å²) >= 11 is 5.97. The summed E-state index contributed by atoms with van der Waals surface area (Å²) in [6, 6.07) is 1.83. The van der Waals surface area contributed by atoms with Gasteiger partial charge in [-0.05, 0) is 6.07 Å². The number of aliphatic imine (C=N–C) groups is 2. The SMILES string of the molecule is C=CC1C=NC(c2c[nH]c3ncc(Cl)cc23)=NC1N. The van der Waals surface area contributed by atoms with E-state index in [1.165, 1.54) is 0 Å². The van der Waals surface area contributed by atoms with Crippen molar-refractivity contribution < 1.29 is 0 Å². The highest BCUT2D eigenvalue weighted by Gasteiger charge is 2.19. The van der Waals surface area contributed by atoms with Gasteiger partial charge in [0.1, 0.15) is 11.8 Å². The number of halogens is 1. The van der Waals surface area contributed by atoms with E-state index in [1.807, 2.05) is 12.3 Å². The van der Waals surface area contributed by atoms with Crippen LogP contribution in [0.5, 0.6) is 0 Å². The van der Waals surface area contributed by atoms with Gasteiger partial charge in [0.05, 0.1) is 5.02 Å². The summed E-state index contributed by atoms with van der Waals surface area (Å²) in [5.74, 6) is 0.552. The van der Waals surface area contributed by atoms with Crippen molar-refractivity contribution >= 4 is 34.7 Å². The van der Waals surface area contributed by atoms with Crippen molar-refractivity contribution in [2.45, 2.75) is 6.17 Å². The molecule has 0 aliphatic carbocycles. The molecule has 1 aliphatic rings. The molecule has 19 heavy (non-hydrogen) atoms. The number of rotatable bonds is 2. The number of hydrogen-bond donors (Lipinski definition) is 2. The summed E-state index contributed by atoms with van der Waals surface area (Å²) in [6.07, 6.45) is 6.54. The average Bonchev–Trinajstić information content (AvgIpc) is 2.81. The van der Waals surface area contributed by atoms with Crippen LogP contribution in [0.1, 0.15) is 5.56 Å². The summed E-state index contributed by atoms with van der Waals surface area (Å²) in [5.41, 5.74) is 7.55. The molecule has 3 N–H and O–H groups in total. The Kier molecular flexibility index (Phi) is 2.93. The lowest BCUT2D eigenvalue weighted by Gasteiger charge is -2.17. The highest BCUT2D eigenvalue weighted by atomic mass is 35.5. The third-order valence-electron chi connectivity index (χ3n) is 3.05. The normalized spacial score (nSPS) is 22.5. The van der Waals surface area contributed by atoms with Crippen LogP contribution in [0.3, 0.4) is 0 Å². The number of nitrogens with zero attached hydrogens (tertiary/aromatic N) is 3. The van der Waals surface area contributed by atoms with Crippen LogP contribution < -0.4 is 5.73 Å². The van der Waals surface area contributed by atoms with Crippen molar-refractivity contribution in [3.8, 4) is 0 Å². The zero-order valence-electron chi connectivity index (χ0n) is 10.0. The molecule has 2 aromatic heterocycles. The van der Waals surface area contributed by atoms with E-state index in [1.54, 1.807) is 18.5 Å². The Morgan fingerprint density at radius 2 is 2.32 bits per heavy atom. The lowest BCUT2D eigenvalue weighted by molar-refractivity contribution is 0.638. The number of aromatic amines is 1. The monoisotopic (exact) mass is 273 g/mol. The van der Waals surface area contributed by atoms with E-state index in [9.17, 15) is 0 Å². The Morgan fingerprint density at radius 1 is 1.47 bits per heavy atom. The van der Waals surface area contributed by atoms with Crippen LogP contribution in [-0.4, -0.2) is 28.2 Å². The Balaban J connectivity index is 2.08. The first-order valence-electron chi connectivity index (χ1n) is 5.82. The van der Waals surface area contributed by atoms with Crippen molar-refractivity contribution in [1.29, 1.82) is 0 Å². The Hall–Kier alpha value is -1.98. The van der Waals surface area contributed by atoms with Crippen molar-refractivity contribution in [3.05, 3.63) is 41.7 Å². The standard InChI is InChI=1S/C13H12ClN5/c1-2-7-4-16-13(19-11(7)15)10-6-18-12-9(10)3-8(14)5-17-12/h2-7,11H,1,15H2,(H,17,18). The van der Waals surface area contributed by atoms with Gasteiger partial charge in [-0.2, -0.15) is 0 Å². The second-order valence-electron chi connectivity index (χ2n) is 4.29. The van der Waals surface area contributed by atoms with Crippen molar-refractivity contribution in [2.24, 2.45) is 21.6 Å². The smallest absolute Gasteiger partial charge is 0.158 e. The van der Waals surface area contributed by atoms with E-state index in [4.69, 9.17) is 17.3 Å². The van der Waals surface area contributed by atoms with E-state index in [2.05, 4.69) is 26.5 Å². The number of pyridine rings is 1. The second kappa shape index (κ2) is 4.60. The number of nitrogens with one attached hydrogen (secondary N) is 1. The molecule has 0 saturated heterocycles. The van der Waals surface area contributed by atoms with Gasteiger partial charge in [-0.1, -0.05) is 17.7 Å². The first kappa shape index (κ1) is 12.1. The maximum Gasteiger partial charge on any atom is 0.158 e. The van der Waals surface area contributed by atoms with Crippen LogP contribution in [0.15, 0.2) is 41.1 Å². The summed E-state index contributed by atoms with van der Waals surface area (Å²) in [7, 11) is 0. The Labute approximate surface area is 114 Å². The molecule has 3 rings (SSSR count). The topological polar surface area (TPSA) is 79.4 Å². The van der Waals surface area contributed by atoms with E-state index in [-0.39, 0.29) is 12.1 Å². The van der Waals surface area contributed by atoms with Crippen molar-refractivity contribution in [2.75, 3.05) is 0 Å². The number of aromatic nitrogens is 2. The molecule has 0 spiro atoms. The minimum atomic E-state index is -0.359. The quantitative estimate of drug-likeness (QED) is 0.822. The number of amidine groups is 1. The minimum Gasteiger partial charge on any atom is -0.345 e. The molecule has 0 bridgehead atoms. The summed E-state index contributed by atoms with van der Waals surface area (Å²) in [4.78, 5) is 16.0. The summed E-state index contributed by atoms with van der Waals surface area (Å²) in [5, 5.41) is 1.45. The van der Waals surface area contributed by atoms with Crippen molar-refractivity contribution in [1.82, 2.24) is 9.97 Å². The van der Waals surface area contributed by atoms with Gasteiger partial charge in [0.15, 0.2) is 5.84 Å². The maximum absolute atomic E-state index is 5.97. The van der Waals surface area contributed by atoms with Gasteiger partial charge in [0, 0.05) is 35.5 Å². The second-order valence-corrected chi connectivity index (χ2v) is 4.72. The van der Waals surface area contributed by atoms with Gasteiger partial charge in [-0.15, -0.1) is 6.58 Å². The molecule has 5 nitrogen and oxygen atoms in total. The van der Waals surface area contributed by atoms with Gasteiger partial charge < -0.3 is 10.7 Å². The molecule has 2 atom stereocenters. The van der Waals surface area contributed by atoms with E-state index in [0.717, 1.165) is 16.6 Å². The molecule has 0 amide bonds. The largest absolute Gasteiger partial charge is 0.345 e. The van der Waals surface area contributed by atoms with Crippen LogP contribution in [0.4, 0.5) is 0 Å². The highest BCUT2D eigenvalue weighted by molar-refractivity contribution is 6.31. The van der Waals surface area contributed by atoms with Crippen molar-refractivity contribution in [3.63, 3.8) is 0 Å². The van der Waals surface area contributed by atoms with Gasteiger partial charge in [0.25, 0.3) is 0 Å². The fourth-order valence-electron chi connectivity index (χ4n) is 2.01. The summed E-state index contributed by atoms with van der Waals surface area (Å²) in [6.45, 7) is 3.71. The van der Waals surface area contributed by atoms with Gasteiger partial charge >= 0.3 is 0 Å². The lowest BCUT2D eigenvalue weighted by Crippen LogP contribution is -2.32. The molecule has 2 aromatic rings. The third kappa shape index (κ3) is 2.07. The Morgan fingerprint density at radius 3 is 3.05 bits per heavy atom. The van der Waals surface area contributed by atoms with Gasteiger partial charge in [-0.25, -0.2) is 15.0 Å². The first-order chi connectivity index (χ1) is 9.19. The average molecular weight is 274 g/mol. The predicted molar refractivity (Wildman–Crippen MR) is 77.8 cm³/mol. The zero-order valence-corrected chi connectivity index (χ0v) is 10.8. The molecule has 0 radical (unpaired) electrons. The lowest BCUT2D eigenvalue weighted by atomic mass is 10.1. The van der Waals surface area contributed by atoms with Crippen LogP contribution >= 0.6 is 11.6 Å². The number of fused-ring (bicyclic) bond motifs is 1. The molecule has 0 saturated carbocycles. The molecule has 6 heteroatoms. The maximum atomic E-state index is 5.97. The molecule has 2 unspecified atom stereocenters.